The Morgan fingerprint density at radius 3 is 2.52 bits per heavy atom. The summed E-state index contributed by atoms with van der Waals surface area (Å²) in [6, 6.07) is 7.71. The van der Waals surface area contributed by atoms with Gasteiger partial charge in [0, 0.05) is 19.6 Å². The molecule has 1 aromatic rings. The Hall–Kier alpha value is -1.10. The van der Waals surface area contributed by atoms with Crippen LogP contribution in [-0.4, -0.2) is 49.0 Å². The molecule has 1 unspecified atom stereocenters. The number of aliphatic hydroxyl groups is 1. The lowest BCUT2D eigenvalue weighted by Gasteiger charge is -2.34. The molecule has 0 bridgehead atoms. The molecule has 1 atom stereocenters. The summed E-state index contributed by atoms with van der Waals surface area (Å²) in [5, 5.41) is 10.5. The van der Waals surface area contributed by atoms with Crippen LogP contribution < -0.4 is 4.74 Å². The van der Waals surface area contributed by atoms with E-state index >= 15 is 0 Å². The van der Waals surface area contributed by atoms with Gasteiger partial charge in [-0.3, -0.25) is 0 Å². The molecule has 0 aromatic heterocycles. The van der Waals surface area contributed by atoms with Gasteiger partial charge in [-0.1, -0.05) is 25.0 Å². The maximum atomic E-state index is 10.5. The first-order valence-corrected chi connectivity index (χ1v) is 8.94. The van der Waals surface area contributed by atoms with E-state index in [1.165, 1.54) is 25.7 Å². The number of aliphatic hydroxyl groups excluding tert-OH is 1. The molecule has 0 radical (unpaired) electrons. The van der Waals surface area contributed by atoms with Crippen molar-refractivity contribution >= 4 is 0 Å². The average molecular weight is 319 g/mol. The van der Waals surface area contributed by atoms with Gasteiger partial charge in [-0.15, -0.1) is 0 Å². The van der Waals surface area contributed by atoms with Crippen LogP contribution in [-0.2, 0) is 4.74 Å². The summed E-state index contributed by atoms with van der Waals surface area (Å²) in [7, 11) is 1.65. The summed E-state index contributed by atoms with van der Waals surface area (Å²) in [5.41, 5.74) is 0.925. The molecule has 23 heavy (non-hydrogen) atoms. The average Bonchev–Trinajstić information content (AvgIpc) is 3.09. The Kier molecular flexibility index (Phi) is 5.92. The molecular formula is C19H29NO3. The van der Waals surface area contributed by atoms with Gasteiger partial charge in [0.25, 0.3) is 0 Å². The predicted octanol–water partition coefficient (Wildman–Crippen LogP) is 3.15. The topological polar surface area (TPSA) is 41.9 Å². The molecule has 1 saturated heterocycles. The van der Waals surface area contributed by atoms with Crippen LogP contribution in [0.15, 0.2) is 24.3 Å². The lowest BCUT2D eigenvalue weighted by molar-refractivity contribution is -0.0435. The molecule has 1 saturated carbocycles. The van der Waals surface area contributed by atoms with Crippen LogP contribution in [0.1, 0.15) is 50.2 Å². The first kappa shape index (κ1) is 16.7. The smallest absolute Gasteiger partial charge is 0.119 e. The van der Waals surface area contributed by atoms with Crippen molar-refractivity contribution in [2.24, 2.45) is 0 Å². The monoisotopic (exact) mass is 319 g/mol. The Morgan fingerprint density at radius 2 is 1.83 bits per heavy atom. The molecule has 1 heterocycles. The van der Waals surface area contributed by atoms with E-state index in [0.717, 1.165) is 37.2 Å². The van der Waals surface area contributed by atoms with Gasteiger partial charge in [0.05, 0.1) is 25.4 Å². The second-order valence-corrected chi connectivity index (χ2v) is 6.83. The number of ether oxygens (including phenoxy) is 2. The van der Waals surface area contributed by atoms with Gasteiger partial charge in [-0.05, 0) is 43.4 Å². The molecule has 2 fully saturated rings. The molecule has 2 aliphatic rings. The quantitative estimate of drug-likeness (QED) is 0.874. The van der Waals surface area contributed by atoms with Crippen molar-refractivity contribution in [3.05, 3.63) is 29.8 Å². The number of hydrogen-bond acceptors (Lipinski definition) is 4. The second-order valence-electron chi connectivity index (χ2n) is 6.83. The lowest BCUT2D eigenvalue weighted by atomic mass is 10.0. The largest absolute Gasteiger partial charge is 0.497 e. The Morgan fingerprint density at radius 1 is 1.13 bits per heavy atom. The molecule has 0 spiro atoms. The zero-order chi connectivity index (χ0) is 16.1. The summed E-state index contributed by atoms with van der Waals surface area (Å²) in [6.07, 6.45) is 7.79. The van der Waals surface area contributed by atoms with Gasteiger partial charge in [-0.25, -0.2) is 0 Å². The van der Waals surface area contributed by atoms with Gasteiger partial charge in [0.15, 0.2) is 0 Å². The summed E-state index contributed by atoms with van der Waals surface area (Å²) < 4.78 is 11.4. The number of β-amino-alcohol motifs (C(OH)–C–C–N with tert-alkyl or cyclic N) is 1. The lowest BCUT2D eigenvalue weighted by Crippen LogP contribution is -2.40. The number of piperidine rings is 1. The standard InChI is InChI=1S/C19H29NO3/c1-22-18-8-4-5-15(13-18)19(21)14-20-11-9-17(10-12-20)23-16-6-2-3-7-16/h4-5,8,13,16-17,19,21H,2-3,6-7,9-12,14H2,1H3. The van der Waals surface area contributed by atoms with Crippen molar-refractivity contribution in [1.82, 2.24) is 4.90 Å². The van der Waals surface area contributed by atoms with E-state index in [1.807, 2.05) is 24.3 Å². The van der Waals surface area contributed by atoms with E-state index in [-0.39, 0.29) is 0 Å². The summed E-state index contributed by atoms with van der Waals surface area (Å²) in [6.45, 7) is 2.71. The first-order chi connectivity index (χ1) is 11.2. The molecule has 0 amide bonds. The highest BCUT2D eigenvalue weighted by Gasteiger charge is 2.25. The normalized spacial score (nSPS) is 22.3. The fourth-order valence-electron chi connectivity index (χ4n) is 3.72. The van der Waals surface area contributed by atoms with Crippen molar-refractivity contribution in [2.75, 3.05) is 26.7 Å². The van der Waals surface area contributed by atoms with Crippen LogP contribution in [0.4, 0.5) is 0 Å². The minimum Gasteiger partial charge on any atom is -0.497 e. The third-order valence-corrected chi connectivity index (χ3v) is 5.13. The van der Waals surface area contributed by atoms with E-state index in [4.69, 9.17) is 9.47 Å². The fourth-order valence-corrected chi connectivity index (χ4v) is 3.72. The number of methoxy groups -OCH3 is 1. The van der Waals surface area contributed by atoms with Crippen molar-refractivity contribution < 1.29 is 14.6 Å². The molecule has 3 rings (SSSR count). The van der Waals surface area contributed by atoms with Gasteiger partial charge >= 0.3 is 0 Å². The molecule has 4 heteroatoms. The molecule has 1 aromatic carbocycles. The number of hydrogen-bond donors (Lipinski definition) is 1. The van der Waals surface area contributed by atoms with Gasteiger partial charge in [0.2, 0.25) is 0 Å². The summed E-state index contributed by atoms with van der Waals surface area (Å²) in [4.78, 5) is 2.35. The fraction of sp³-hybridized carbons (Fsp3) is 0.684. The van der Waals surface area contributed by atoms with E-state index < -0.39 is 6.10 Å². The number of likely N-dealkylation sites (tertiary alicyclic amines) is 1. The van der Waals surface area contributed by atoms with Crippen LogP contribution in [0.25, 0.3) is 0 Å². The van der Waals surface area contributed by atoms with Gasteiger partial charge < -0.3 is 19.5 Å². The van der Waals surface area contributed by atoms with Crippen molar-refractivity contribution in [1.29, 1.82) is 0 Å². The summed E-state index contributed by atoms with van der Waals surface area (Å²) in [5.74, 6) is 0.797. The molecular weight excluding hydrogens is 290 g/mol. The van der Waals surface area contributed by atoms with E-state index in [9.17, 15) is 5.11 Å². The van der Waals surface area contributed by atoms with Crippen LogP contribution in [0.3, 0.4) is 0 Å². The summed E-state index contributed by atoms with van der Waals surface area (Å²) >= 11 is 0. The Balaban J connectivity index is 1.44. The maximum Gasteiger partial charge on any atom is 0.119 e. The first-order valence-electron chi connectivity index (χ1n) is 8.94. The van der Waals surface area contributed by atoms with E-state index in [2.05, 4.69) is 4.90 Å². The third kappa shape index (κ3) is 4.69. The number of benzene rings is 1. The minimum absolute atomic E-state index is 0.420. The van der Waals surface area contributed by atoms with Crippen LogP contribution >= 0.6 is 0 Å². The van der Waals surface area contributed by atoms with Crippen molar-refractivity contribution in [3.8, 4) is 5.75 Å². The van der Waals surface area contributed by atoms with Crippen molar-refractivity contribution in [2.45, 2.75) is 56.8 Å². The highest BCUT2D eigenvalue weighted by atomic mass is 16.5. The third-order valence-electron chi connectivity index (χ3n) is 5.13. The molecule has 1 N–H and O–H groups in total. The minimum atomic E-state index is -0.461. The number of rotatable bonds is 6. The van der Waals surface area contributed by atoms with Gasteiger partial charge in [-0.2, -0.15) is 0 Å². The second kappa shape index (κ2) is 8.13. The molecule has 4 nitrogen and oxygen atoms in total. The van der Waals surface area contributed by atoms with Crippen LogP contribution in [0.2, 0.25) is 0 Å². The predicted molar refractivity (Wildman–Crippen MR) is 90.8 cm³/mol. The maximum absolute atomic E-state index is 10.5. The number of nitrogens with zero attached hydrogens (tertiary/aromatic N) is 1. The van der Waals surface area contributed by atoms with Gasteiger partial charge in [0.1, 0.15) is 5.75 Å². The highest BCUT2D eigenvalue weighted by molar-refractivity contribution is 5.29. The zero-order valence-electron chi connectivity index (χ0n) is 14.1. The van der Waals surface area contributed by atoms with Crippen molar-refractivity contribution in [3.63, 3.8) is 0 Å². The molecule has 128 valence electrons. The zero-order valence-corrected chi connectivity index (χ0v) is 14.1. The van der Waals surface area contributed by atoms with E-state index in [0.29, 0.717) is 18.8 Å². The highest BCUT2D eigenvalue weighted by Crippen LogP contribution is 2.26. The van der Waals surface area contributed by atoms with Crippen LogP contribution in [0.5, 0.6) is 5.75 Å². The van der Waals surface area contributed by atoms with E-state index in [1.54, 1.807) is 7.11 Å². The van der Waals surface area contributed by atoms with Crippen LogP contribution in [0, 0.1) is 0 Å². The molecule has 1 aliphatic carbocycles. The SMILES string of the molecule is COc1cccc(C(O)CN2CCC(OC3CCCC3)CC2)c1. The molecule has 1 aliphatic heterocycles. The Bertz CT molecular complexity index is 479. The Labute approximate surface area is 139 Å².